The van der Waals surface area contributed by atoms with Crippen LogP contribution in [0.5, 0.6) is 0 Å². The molecule has 1 saturated heterocycles. The van der Waals surface area contributed by atoms with Crippen LogP contribution < -0.4 is 4.90 Å². The lowest BCUT2D eigenvalue weighted by molar-refractivity contribution is 0.474. The Morgan fingerprint density at radius 2 is 2.04 bits per heavy atom. The summed E-state index contributed by atoms with van der Waals surface area (Å²) in [6, 6.07) is 0. The summed E-state index contributed by atoms with van der Waals surface area (Å²) in [6.07, 6.45) is 8.73. The summed E-state index contributed by atoms with van der Waals surface area (Å²) in [4.78, 5) is 15.9. The van der Waals surface area contributed by atoms with E-state index in [2.05, 4.69) is 50.5 Å². The van der Waals surface area contributed by atoms with Crippen LogP contribution in [0, 0.1) is 13.8 Å². The number of rotatable bonds is 5. The zero-order valence-electron chi connectivity index (χ0n) is 17.1. The molecular formula is C20H28N8. The SMILES string of the molecule is CCc1c(C)nc(C)nc1N1CCC[C@@H](c2nnc(Cn3ccnc3)n2C)C1. The fourth-order valence-corrected chi connectivity index (χ4v) is 4.19. The number of aryl methyl sites for hydroxylation is 2. The first-order valence-electron chi connectivity index (χ1n) is 9.99. The Labute approximate surface area is 165 Å². The largest absolute Gasteiger partial charge is 0.356 e. The lowest BCUT2D eigenvalue weighted by Gasteiger charge is -2.34. The highest BCUT2D eigenvalue weighted by Gasteiger charge is 2.28. The van der Waals surface area contributed by atoms with Crippen molar-refractivity contribution in [3.63, 3.8) is 0 Å². The normalized spacial score (nSPS) is 17.3. The molecule has 4 heterocycles. The van der Waals surface area contributed by atoms with Crippen molar-refractivity contribution in [2.24, 2.45) is 7.05 Å². The fourth-order valence-electron chi connectivity index (χ4n) is 4.19. The van der Waals surface area contributed by atoms with Gasteiger partial charge in [0.1, 0.15) is 17.5 Å². The second-order valence-corrected chi connectivity index (χ2v) is 7.57. The minimum absolute atomic E-state index is 0.350. The van der Waals surface area contributed by atoms with Gasteiger partial charge in [-0.3, -0.25) is 0 Å². The number of imidazole rings is 1. The summed E-state index contributed by atoms with van der Waals surface area (Å²) in [5.41, 5.74) is 2.35. The molecule has 0 N–H and O–H groups in total. The van der Waals surface area contributed by atoms with Crippen molar-refractivity contribution in [1.82, 2.24) is 34.3 Å². The van der Waals surface area contributed by atoms with Gasteiger partial charge in [-0.2, -0.15) is 0 Å². The Kier molecular flexibility index (Phi) is 5.11. The average Bonchev–Trinajstić information content (AvgIpc) is 3.32. The van der Waals surface area contributed by atoms with E-state index in [9.17, 15) is 0 Å². The summed E-state index contributed by atoms with van der Waals surface area (Å²) in [5, 5.41) is 8.99. The van der Waals surface area contributed by atoms with Crippen LogP contribution in [0.1, 0.15) is 54.4 Å². The maximum absolute atomic E-state index is 4.80. The van der Waals surface area contributed by atoms with Crippen molar-refractivity contribution in [1.29, 1.82) is 0 Å². The smallest absolute Gasteiger partial charge is 0.152 e. The van der Waals surface area contributed by atoms with Crippen LogP contribution in [-0.4, -0.2) is 47.4 Å². The summed E-state index contributed by atoms with van der Waals surface area (Å²) < 4.78 is 4.16. The lowest BCUT2D eigenvalue weighted by Crippen LogP contribution is -2.37. The molecule has 0 saturated carbocycles. The van der Waals surface area contributed by atoms with Crippen LogP contribution >= 0.6 is 0 Å². The lowest BCUT2D eigenvalue weighted by atomic mass is 9.96. The van der Waals surface area contributed by atoms with Gasteiger partial charge in [0.25, 0.3) is 0 Å². The van der Waals surface area contributed by atoms with E-state index < -0.39 is 0 Å². The van der Waals surface area contributed by atoms with E-state index in [0.29, 0.717) is 12.5 Å². The summed E-state index contributed by atoms with van der Waals surface area (Å²) in [7, 11) is 2.07. The third kappa shape index (κ3) is 3.50. The molecule has 1 aliphatic rings. The topological polar surface area (TPSA) is 77.6 Å². The molecule has 1 aliphatic heterocycles. The number of piperidine rings is 1. The first kappa shape index (κ1) is 18.6. The van der Waals surface area contributed by atoms with E-state index in [4.69, 9.17) is 4.98 Å². The van der Waals surface area contributed by atoms with Crippen LogP contribution in [0.25, 0.3) is 0 Å². The number of nitrogens with zero attached hydrogens (tertiary/aromatic N) is 8. The monoisotopic (exact) mass is 380 g/mol. The highest BCUT2D eigenvalue weighted by atomic mass is 15.3. The number of aromatic nitrogens is 7. The molecule has 0 aromatic carbocycles. The zero-order valence-corrected chi connectivity index (χ0v) is 17.1. The van der Waals surface area contributed by atoms with Crippen molar-refractivity contribution >= 4 is 5.82 Å². The van der Waals surface area contributed by atoms with E-state index in [1.807, 2.05) is 24.0 Å². The second kappa shape index (κ2) is 7.69. The molecule has 0 radical (unpaired) electrons. The molecule has 3 aromatic heterocycles. The standard InChI is InChI=1S/C20H28N8/c1-5-17-14(2)22-15(3)23-20(17)28-9-6-7-16(11-28)19-25-24-18(26(19)4)12-27-10-8-21-13-27/h8,10,13,16H,5-7,9,11-12H2,1-4H3/t16-/m1/s1. The van der Waals surface area contributed by atoms with Crippen LogP contribution in [0.4, 0.5) is 5.82 Å². The van der Waals surface area contributed by atoms with E-state index in [1.54, 1.807) is 6.20 Å². The molecule has 0 aliphatic carbocycles. The zero-order chi connectivity index (χ0) is 19.7. The Hall–Kier alpha value is -2.77. The molecule has 3 aromatic rings. The molecule has 4 rings (SSSR count). The van der Waals surface area contributed by atoms with Gasteiger partial charge in [0.2, 0.25) is 0 Å². The van der Waals surface area contributed by atoms with Crippen molar-refractivity contribution in [2.45, 2.75) is 52.5 Å². The predicted molar refractivity (Wildman–Crippen MR) is 107 cm³/mol. The molecule has 28 heavy (non-hydrogen) atoms. The Balaban J connectivity index is 1.58. The first-order chi connectivity index (χ1) is 13.6. The first-order valence-corrected chi connectivity index (χ1v) is 9.99. The molecule has 0 amide bonds. The van der Waals surface area contributed by atoms with Crippen molar-refractivity contribution in [2.75, 3.05) is 18.0 Å². The summed E-state index contributed by atoms with van der Waals surface area (Å²) >= 11 is 0. The second-order valence-electron chi connectivity index (χ2n) is 7.57. The van der Waals surface area contributed by atoms with E-state index in [0.717, 1.165) is 61.3 Å². The van der Waals surface area contributed by atoms with Gasteiger partial charge in [0.05, 0.1) is 12.9 Å². The van der Waals surface area contributed by atoms with Crippen LogP contribution in [0.15, 0.2) is 18.7 Å². The number of hydrogen-bond donors (Lipinski definition) is 0. The molecule has 8 nitrogen and oxygen atoms in total. The van der Waals surface area contributed by atoms with E-state index >= 15 is 0 Å². The molecule has 148 valence electrons. The highest BCUT2D eigenvalue weighted by Crippen LogP contribution is 2.31. The van der Waals surface area contributed by atoms with Crippen LogP contribution in [0.3, 0.4) is 0 Å². The molecule has 0 unspecified atom stereocenters. The van der Waals surface area contributed by atoms with Crippen molar-refractivity contribution < 1.29 is 0 Å². The van der Waals surface area contributed by atoms with Crippen molar-refractivity contribution in [3.05, 3.63) is 47.5 Å². The van der Waals surface area contributed by atoms with Gasteiger partial charge < -0.3 is 14.0 Å². The molecule has 0 bridgehead atoms. The number of anilines is 1. The van der Waals surface area contributed by atoms with Gasteiger partial charge in [-0.25, -0.2) is 15.0 Å². The van der Waals surface area contributed by atoms with Gasteiger partial charge in [-0.1, -0.05) is 6.92 Å². The van der Waals surface area contributed by atoms with Gasteiger partial charge >= 0.3 is 0 Å². The van der Waals surface area contributed by atoms with E-state index in [1.165, 1.54) is 5.56 Å². The average molecular weight is 381 g/mol. The van der Waals surface area contributed by atoms with E-state index in [-0.39, 0.29) is 0 Å². The van der Waals surface area contributed by atoms with Gasteiger partial charge in [-0.15, -0.1) is 10.2 Å². The Morgan fingerprint density at radius 3 is 2.79 bits per heavy atom. The van der Waals surface area contributed by atoms with Gasteiger partial charge in [0, 0.05) is 49.7 Å². The summed E-state index contributed by atoms with van der Waals surface area (Å²) in [5.74, 6) is 4.29. The molecule has 8 heteroatoms. The highest BCUT2D eigenvalue weighted by molar-refractivity contribution is 5.50. The third-order valence-electron chi connectivity index (χ3n) is 5.63. The van der Waals surface area contributed by atoms with Gasteiger partial charge in [0.15, 0.2) is 5.82 Å². The minimum Gasteiger partial charge on any atom is -0.356 e. The fraction of sp³-hybridized carbons (Fsp3) is 0.550. The maximum Gasteiger partial charge on any atom is 0.152 e. The molecular weight excluding hydrogens is 352 g/mol. The van der Waals surface area contributed by atoms with Gasteiger partial charge in [-0.05, 0) is 33.1 Å². The van der Waals surface area contributed by atoms with Crippen molar-refractivity contribution in [3.8, 4) is 0 Å². The molecule has 0 spiro atoms. The van der Waals surface area contributed by atoms with Crippen LogP contribution in [-0.2, 0) is 20.0 Å². The quantitative estimate of drug-likeness (QED) is 0.676. The molecule has 1 fully saturated rings. The predicted octanol–water partition coefficient (Wildman–Crippen LogP) is 2.41. The third-order valence-corrected chi connectivity index (χ3v) is 5.63. The molecule has 1 atom stereocenters. The Morgan fingerprint density at radius 1 is 1.18 bits per heavy atom. The van der Waals surface area contributed by atoms with Crippen LogP contribution in [0.2, 0.25) is 0 Å². The minimum atomic E-state index is 0.350. The summed E-state index contributed by atoms with van der Waals surface area (Å²) in [6.45, 7) is 8.87. The maximum atomic E-state index is 4.80. The Bertz CT molecular complexity index is 944. The number of hydrogen-bond acceptors (Lipinski definition) is 6.